The number of hydrogen-bond donors (Lipinski definition) is 0. The maximum atomic E-state index is 8.81. The van der Waals surface area contributed by atoms with Gasteiger partial charge in [0.1, 0.15) is 6.29 Å². The highest BCUT2D eigenvalue weighted by molar-refractivity contribution is 5.44. The van der Waals surface area contributed by atoms with Gasteiger partial charge in [0.2, 0.25) is 0 Å². The second-order valence-corrected chi connectivity index (χ2v) is 8.77. The zero-order valence-corrected chi connectivity index (χ0v) is 18.8. The first-order valence-electron chi connectivity index (χ1n) is 12.1. The van der Waals surface area contributed by atoms with Crippen LogP contribution in [0.4, 0.5) is 0 Å². The molecule has 0 spiro atoms. The maximum absolute atomic E-state index is 8.81. The van der Waals surface area contributed by atoms with Crippen LogP contribution in [0, 0.1) is 41.4 Å². The van der Waals surface area contributed by atoms with Crippen LogP contribution < -0.4 is 0 Å². The summed E-state index contributed by atoms with van der Waals surface area (Å²) in [4.78, 5) is 8.81. The van der Waals surface area contributed by atoms with Gasteiger partial charge in [0.05, 0.1) is 0 Å². The smallest absolute Gasteiger partial charge is 0.116 e. The second kappa shape index (κ2) is 12.9. The summed E-state index contributed by atoms with van der Waals surface area (Å²) in [5.41, 5.74) is 0. The molecule has 0 aromatic carbocycles. The summed E-state index contributed by atoms with van der Waals surface area (Å²) < 4.78 is 0. The maximum Gasteiger partial charge on any atom is 0.116 e. The number of aldehydes is 1. The number of rotatable bonds is 0. The molecule has 0 aromatic heterocycles. The van der Waals surface area contributed by atoms with E-state index in [1.807, 2.05) is 27.7 Å². The van der Waals surface area contributed by atoms with Crippen LogP contribution >= 0.6 is 0 Å². The highest BCUT2D eigenvalue weighted by Crippen LogP contribution is 2.57. The van der Waals surface area contributed by atoms with Crippen molar-refractivity contribution >= 4 is 6.29 Å². The summed E-state index contributed by atoms with van der Waals surface area (Å²) in [5, 5.41) is 0. The van der Waals surface area contributed by atoms with E-state index in [4.69, 9.17) is 4.79 Å². The molecule has 4 fully saturated rings. The molecule has 0 bridgehead atoms. The van der Waals surface area contributed by atoms with Crippen molar-refractivity contribution in [3.05, 3.63) is 0 Å². The van der Waals surface area contributed by atoms with Crippen molar-refractivity contribution in [3.8, 4) is 0 Å². The van der Waals surface area contributed by atoms with Gasteiger partial charge in [0, 0.05) is 1.43 Å². The Hall–Kier alpha value is -0.330. The van der Waals surface area contributed by atoms with Crippen molar-refractivity contribution in [2.24, 2.45) is 41.4 Å². The van der Waals surface area contributed by atoms with Crippen LogP contribution in [0.15, 0.2) is 0 Å². The normalized spacial score (nSPS) is 40.3. The van der Waals surface area contributed by atoms with Gasteiger partial charge in [0.25, 0.3) is 0 Å². The Morgan fingerprint density at radius 3 is 1.73 bits per heavy atom. The van der Waals surface area contributed by atoms with Gasteiger partial charge >= 0.3 is 0 Å². The van der Waals surface area contributed by atoms with Crippen LogP contribution in [0.3, 0.4) is 0 Å². The zero-order valence-electron chi connectivity index (χ0n) is 18.8. The number of carbonyl (C=O) groups excluding carboxylic acids is 1. The summed E-state index contributed by atoms with van der Waals surface area (Å²) in [7, 11) is 0. The Kier molecular flexibility index (Phi) is 11.8. The van der Waals surface area contributed by atoms with Crippen molar-refractivity contribution in [2.75, 3.05) is 0 Å². The molecule has 0 radical (unpaired) electrons. The van der Waals surface area contributed by atoms with Crippen LogP contribution in [0.1, 0.15) is 114 Å². The minimum Gasteiger partial charge on any atom is -0.304 e. The van der Waals surface area contributed by atoms with Crippen LogP contribution in [-0.2, 0) is 4.79 Å². The van der Waals surface area contributed by atoms with Crippen LogP contribution in [0.5, 0.6) is 0 Å². The first-order valence-corrected chi connectivity index (χ1v) is 12.1. The third-order valence-corrected chi connectivity index (χ3v) is 7.66. The van der Waals surface area contributed by atoms with Crippen LogP contribution in [-0.4, -0.2) is 6.29 Å². The van der Waals surface area contributed by atoms with Crippen molar-refractivity contribution in [1.29, 1.82) is 0 Å². The van der Waals surface area contributed by atoms with Gasteiger partial charge in [-0.2, -0.15) is 0 Å². The topological polar surface area (TPSA) is 17.1 Å². The van der Waals surface area contributed by atoms with Gasteiger partial charge in [-0.3, -0.25) is 0 Å². The molecule has 4 aliphatic rings. The molecule has 0 aromatic rings. The number of fused-ring (bicyclic) bond motifs is 5. The average Bonchev–Trinajstić information content (AvgIpc) is 2.71. The molecule has 4 aliphatic carbocycles. The fourth-order valence-corrected chi connectivity index (χ4v) is 6.88. The molecule has 4 saturated carbocycles. The van der Waals surface area contributed by atoms with E-state index >= 15 is 0 Å². The quantitative estimate of drug-likeness (QED) is 0.395. The van der Waals surface area contributed by atoms with Gasteiger partial charge in [-0.05, 0) is 93.3 Å². The predicted octanol–water partition coefficient (Wildman–Crippen LogP) is 8.17. The molecule has 26 heavy (non-hydrogen) atoms. The molecule has 0 saturated heterocycles. The third kappa shape index (κ3) is 5.83. The minimum atomic E-state index is 0. The van der Waals surface area contributed by atoms with Crippen LogP contribution in [0.25, 0.3) is 0 Å². The molecule has 4 rings (SSSR count). The van der Waals surface area contributed by atoms with Gasteiger partial charge in [-0.15, -0.1) is 0 Å². The summed E-state index contributed by atoms with van der Waals surface area (Å²) in [6, 6.07) is 0. The molecule has 7 atom stereocenters. The summed E-state index contributed by atoms with van der Waals surface area (Å²) >= 11 is 0. The van der Waals surface area contributed by atoms with E-state index in [1.165, 1.54) is 6.92 Å². The largest absolute Gasteiger partial charge is 0.304 e. The van der Waals surface area contributed by atoms with Gasteiger partial charge in [-0.25, -0.2) is 0 Å². The molecular formula is C25H50O. The van der Waals surface area contributed by atoms with Crippen molar-refractivity contribution in [2.45, 2.75) is 112 Å². The lowest BCUT2D eigenvalue weighted by Gasteiger charge is -2.54. The second-order valence-electron chi connectivity index (χ2n) is 8.77. The van der Waals surface area contributed by atoms with Crippen LogP contribution in [0.2, 0.25) is 0 Å². The Labute approximate surface area is 166 Å². The third-order valence-electron chi connectivity index (χ3n) is 7.66. The summed E-state index contributed by atoms with van der Waals surface area (Å²) in [6.45, 7) is 11.9. The van der Waals surface area contributed by atoms with E-state index in [-0.39, 0.29) is 1.43 Å². The summed E-state index contributed by atoms with van der Waals surface area (Å²) in [5.74, 6) is 7.94. The van der Waals surface area contributed by atoms with E-state index in [2.05, 4.69) is 6.92 Å². The molecule has 0 amide bonds. The first kappa shape index (κ1) is 23.7. The Balaban J connectivity index is 0.000000757. The Morgan fingerprint density at radius 2 is 1.12 bits per heavy atom. The highest BCUT2D eigenvalue weighted by Gasteiger charge is 2.48. The van der Waals surface area contributed by atoms with E-state index in [9.17, 15) is 0 Å². The van der Waals surface area contributed by atoms with Crippen molar-refractivity contribution in [1.82, 2.24) is 0 Å². The first-order chi connectivity index (χ1) is 12.7. The highest BCUT2D eigenvalue weighted by atomic mass is 16.1. The van der Waals surface area contributed by atoms with Gasteiger partial charge in [-0.1, -0.05) is 60.3 Å². The standard InChI is InChI=1S/C19H32.C2H4O.2C2H6.H2/c1-13-6-9-17-15(12-13)8-11-18-16-5-3-2-4-14(16)7-10-19(17)18;1-2-3;2*1-2;/h13-19H,2-12H2,1H3;2H,1H3;2*1-2H3;1H/t13-,14-,15+,16?,17-,18-,19?;;;;/m0..../s1. The molecule has 1 heteroatoms. The van der Waals surface area contributed by atoms with Gasteiger partial charge < -0.3 is 4.79 Å². The van der Waals surface area contributed by atoms with E-state index in [1.54, 1.807) is 70.6 Å². The van der Waals surface area contributed by atoms with Crippen molar-refractivity contribution < 1.29 is 6.22 Å². The number of carbonyl (C=O) groups is 1. The van der Waals surface area contributed by atoms with E-state index in [0.29, 0.717) is 0 Å². The van der Waals surface area contributed by atoms with E-state index < -0.39 is 0 Å². The molecular weight excluding hydrogens is 316 g/mol. The molecule has 0 heterocycles. The molecule has 0 N–H and O–H groups in total. The fraction of sp³-hybridized carbons (Fsp3) is 0.960. The molecule has 2 unspecified atom stereocenters. The lowest BCUT2D eigenvalue weighted by Crippen LogP contribution is -2.46. The molecule has 0 aliphatic heterocycles. The predicted molar refractivity (Wildman–Crippen MR) is 117 cm³/mol. The zero-order chi connectivity index (χ0) is 19.5. The SMILES string of the molecule is CC.CC.CC=O.C[C@H]1CC[C@@H]2C3CC[C@@H]4CCCCC4[C@@H]3CC[C@@H]2C1.[HH]. The van der Waals surface area contributed by atoms with E-state index in [0.717, 1.165) is 47.7 Å². The lowest BCUT2D eigenvalue weighted by atomic mass is 9.51. The monoisotopic (exact) mass is 366 g/mol. The molecule has 1 nitrogen and oxygen atoms in total. The Bertz CT molecular complexity index is 369. The average molecular weight is 367 g/mol. The lowest BCUT2D eigenvalue weighted by molar-refractivity contribution is -0.106. The van der Waals surface area contributed by atoms with Crippen molar-refractivity contribution in [3.63, 3.8) is 0 Å². The summed E-state index contributed by atoms with van der Waals surface area (Å²) in [6.07, 6.45) is 18.1. The fourth-order valence-electron chi connectivity index (χ4n) is 6.88. The Morgan fingerprint density at radius 1 is 0.654 bits per heavy atom. The number of hydrogen-bond acceptors (Lipinski definition) is 1. The van der Waals surface area contributed by atoms with Gasteiger partial charge in [0.15, 0.2) is 0 Å². The minimum absolute atomic E-state index is 0. The molecule has 156 valence electrons.